The monoisotopic (exact) mass is 312 g/mol. The maximum absolute atomic E-state index is 12.1. The van der Waals surface area contributed by atoms with Gasteiger partial charge in [0.1, 0.15) is 4.21 Å². The highest BCUT2D eigenvalue weighted by Gasteiger charge is 2.22. The number of rotatable bonds is 5. The van der Waals surface area contributed by atoms with Gasteiger partial charge in [0.15, 0.2) is 0 Å². The van der Waals surface area contributed by atoms with E-state index in [1.807, 2.05) is 0 Å². The van der Waals surface area contributed by atoms with E-state index >= 15 is 0 Å². The summed E-state index contributed by atoms with van der Waals surface area (Å²) in [6.45, 7) is 1.67. The van der Waals surface area contributed by atoms with Crippen molar-refractivity contribution in [2.24, 2.45) is 0 Å². The number of nitrogens with one attached hydrogen (secondary N) is 1. The molecule has 0 aliphatic carbocycles. The summed E-state index contributed by atoms with van der Waals surface area (Å²) in [5.41, 5.74) is 0.548. The summed E-state index contributed by atoms with van der Waals surface area (Å²) >= 11 is 0.870. The summed E-state index contributed by atoms with van der Waals surface area (Å²) in [5.74, 6) is -1.15. The first-order chi connectivity index (χ1) is 9.40. The van der Waals surface area contributed by atoms with Crippen molar-refractivity contribution in [2.45, 2.75) is 17.2 Å². The molecule has 2 heterocycles. The second-order valence-corrected chi connectivity index (χ2v) is 6.91. The molecular weight excluding hydrogens is 300 g/mol. The van der Waals surface area contributed by atoms with Crippen LogP contribution in [-0.2, 0) is 10.0 Å². The number of carboxylic acids is 1. The number of carboxylic acid groups (broad SMARTS) is 1. The van der Waals surface area contributed by atoms with Gasteiger partial charge in [0.25, 0.3) is 10.0 Å². The van der Waals surface area contributed by atoms with Crippen LogP contribution in [-0.4, -0.2) is 24.5 Å². The normalized spacial score (nSPS) is 13.1. The van der Waals surface area contributed by atoms with E-state index in [9.17, 15) is 13.2 Å². The number of hydrogen-bond donors (Lipinski definition) is 2. The van der Waals surface area contributed by atoms with Crippen LogP contribution in [0, 0.1) is 0 Å². The first-order valence-electron chi connectivity index (χ1n) is 5.65. The van der Waals surface area contributed by atoms with E-state index in [0.717, 1.165) is 17.4 Å². The Bertz CT molecular complexity index is 710. The zero-order valence-electron chi connectivity index (χ0n) is 10.5. The largest absolute Gasteiger partial charge is 0.478 e. The molecule has 2 aromatic rings. The van der Waals surface area contributed by atoms with E-state index in [-0.39, 0.29) is 9.77 Å². The molecule has 1 atom stereocenters. The number of nitrogens with zero attached hydrogens (tertiary/aromatic N) is 1. The van der Waals surface area contributed by atoms with E-state index < -0.39 is 22.0 Å². The minimum atomic E-state index is -3.76. The number of pyridine rings is 1. The third-order valence-electron chi connectivity index (χ3n) is 2.55. The summed E-state index contributed by atoms with van der Waals surface area (Å²) in [6.07, 6.45) is 1.58. The van der Waals surface area contributed by atoms with Gasteiger partial charge in [0.05, 0.1) is 17.3 Å². The van der Waals surface area contributed by atoms with Gasteiger partial charge in [-0.05, 0) is 25.1 Å². The van der Waals surface area contributed by atoms with Crippen molar-refractivity contribution in [3.05, 3.63) is 47.1 Å². The van der Waals surface area contributed by atoms with E-state index in [2.05, 4.69) is 9.71 Å². The van der Waals surface area contributed by atoms with Crippen molar-refractivity contribution in [1.29, 1.82) is 0 Å². The van der Waals surface area contributed by atoms with Crippen LogP contribution in [0.5, 0.6) is 0 Å². The van der Waals surface area contributed by atoms with Gasteiger partial charge >= 0.3 is 5.97 Å². The van der Waals surface area contributed by atoms with E-state index in [1.165, 1.54) is 5.38 Å². The Morgan fingerprint density at radius 1 is 1.45 bits per heavy atom. The number of carbonyl (C=O) groups is 1. The molecule has 2 aromatic heterocycles. The highest BCUT2D eigenvalue weighted by atomic mass is 32.2. The van der Waals surface area contributed by atoms with E-state index in [1.54, 1.807) is 31.3 Å². The predicted octanol–water partition coefficient (Wildman–Crippen LogP) is 1.88. The summed E-state index contributed by atoms with van der Waals surface area (Å²) in [4.78, 5) is 14.8. The van der Waals surface area contributed by atoms with Gasteiger partial charge in [-0.1, -0.05) is 6.07 Å². The maximum Gasteiger partial charge on any atom is 0.336 e. The molecule has 0 saturated heterocycles. The van der Waals surface area contributed by atoms with Gasteiger partial charge in [0.2, 0.25) is 0 Å². The average Bonchev–Trinajstić information content (AvgIpc) is 2.90. The molecule has 6 nitrogen and oxygen atoms in total. The lowest BCUT2D eigenvalue weighted by atomic mass is 10.2. The lowest BCUT2D eigenvalue weighted by Gasteiger charge is -2.12. The Hall–Kier alpha value is -1.77. The second kappa shape index (κ2) is 5.70. The first-order valence-corrected chi connectivity index (χ1v) is 8.01. The number of thiophene rings is 1. The fourth-order valence-corrected chi connectivity index (χ4v) is 3.94. The smallest absolute Gasteiger partial charge is 0.336 e. The van der Waals surface area contributed by atoms with Crippen LogP contribution < -0.4 is 4.72 Å². The van der Waals surface area contributed by atoms with Crippen LogP contribution >= 0.6 is 11.3 Å². The van der Waals surface area contributed by atoms with Crippen molar-refractivity contribution < 1.29 is 18.3 Å². The van der Waals surface area contributed by atoms with Gasteiger partial charge in [-0.3, -0.25) is 4.98 Å². The molecule has 0 spiro atoms. The molecule has 0 fully saturated rings. The van der Waals surface area contributed by atoms with Gasteiger partial charge in [-0.15, -0.1) is 11.3 Å². The fraction of sp³-hybridized carbons (Fsp3) is 0.167. The molecule has 0 bridgehead atoms. The van der Waals surface area contributed by atoms with Crippen LogP contribution in [0.4, 0.5) is 0 Å². The second-order valence-electron chi connectivity index (χ2n) is 4.06. The number of aromatic carboxylic acids is 1. The highest BCUT2D eigenvalue weighted by molar-refractivity contribution is 7.91. The lowest BCUT2D eigenvalue weighted by molar-refractivity contribution is 0.0697. The van der Waals surface area contributed by atoms with E-state index in [4.69, 9.17) is 5.11 Å². The summed E-state index contributed by atoms with van der Waals surface area (Å²) in [6, 6.07) is 5.85. The maximum atomic E-state index is 12.1. The number of sulfonamides is 1. The Kier molecular flexibility index (Phi) is 4.17. The third-order valence-corrected chi connectivity index (χ3v) is 5.53. The van der Waals surface area contributed by atoms with E-state index in [0.29, 0.717) is 5.69 Å². The molecule has 0 unspecified atom stereocenters. The van der Waals surface area contributed by atoms with Gasteiger partial charge in [0, 0.05) is 11.6 Å². The lowest BCUT2D eigenvalue weighted by Crippen LogP contribution is -2.26. The Morgan fingerprint density at radius 3 is 2.75 bits per heavy atom. The average molecular weight is 312 g/mol. The van der Waals surface area contributed by atoms with Crippen LogP contribution in [0.15, 0.2) is 40.1 Å². The molecule has 0 saturated carbocycles. The van der Waals surface area contributed by atoms with Crippen molar-refractivity contribution >= 4 is 27.3 Å². The molecule has 2 rings (SSSR count). The van der Waals surface area contributed by atoms with Crippen molar-refractivity contribution in [3.8, 4) is 0 Å². The minimum absolute atomic E-state index is 0.0299. The Balaban J connectivity index is 2.20. The fourth-order valence-electron chi connectivity index (χ4n) is 1.55. The van der Waals surface area contributed by atoms with Gasteiger partial charge < -0.3 is 5.11 Å². The standard InChI is InChI=1S/C12H12N2O4S2/c1-8(10-4-2-3-5-13-10)14-20(17,18)11-6-9(7-19-11)12(15)16/h2-8,14H,1H3,(H,15,16)/t8-/m0/s1. The van der Waals surface area contributed by atoms with Gasteiger partial charge in [-0.2, -0.15) is 0 Å². The van der Waals surface area contributed by atoms with Crippen LogP contribution in [0.3, 0.4) is 0 Å². The molecule has 0 amide bonds. The zero-order chi connectivity index (χ0) is 14.8. The third kappa shape index (κ3) is 3.21. The molecule has 8 heteroatoms. The topological polar surface area (TPSA) is 96.4 Å². The van der Waals surface area contributed by atoms with Crippen LogP contribution in [0.2, 0.25) is 0 Å². The minimum Gasteiger partial charge on any atom is -0.478 e. The molecule has 0 aromatic carbocycles. The van der Waals surface area contributed by atoms with Crippen LogP contribution in [0.1, 0.15) is 29.0 Å². The molecule has 0 radical (unpaired) electrons. The molecule has 106 valence electrons. The molecule has 0 aliphatic heterocycles. The Labute approximate surface area is 120 Å². The summed E-state index contributed by atoms with van der Waals surface area (Å²) in [5, 5.41) is 10.1. The molecule has 2 N–H and O–H groups in total. The Morgan fingerprint density at radius 2 is 2.20 bits per heavy atom. The van der Waals surface area contributed by atoms with Gasteiger partial charge in [-0.25, -0.2) is 17.9 Å². The van der Waals surface area contributed by atoms with Crippen LogP contribution in [0.25, 0.3) is 0 Å². The molecule has 0 aliphatic rings. The van der Waals surface area contributed by atoms with Crippen molar-refractivity contribution in [1.82, 2.24) is 9.71 Å². The summed E-state index contributed by atoms with van der Waals surface area (Å²) in [7, 11) is -3.76. The first kappa shape index (κ1) is 14.6. The predicted molar refractivity (Wildman–Crippen MR) is 74.3 cm³/mol. The number of aromatic nitrogens is 1. The zero-order valence-corrected chi connectivity index (χ0v) is 12.1. The van der Waals surface area contributed by atoms with Crippen molar-refractivity contribution in [3.63, 3.8) is 0 Å². The van der Waals surface area contributed by atoms with Crippen molar-refractivity contribution in [2.75, 3.05) is 0 Å². The summed E-state index contributed by atoms with van der Waals surface area (Å²) < 4.78 is 26.7. The quantitative estimate of drug-likeness (QED) is 0.878. The number of hydrogen-bond acceptors (Lipinski definition) is 5. The highest BCUT2D eigenvalue weighted by Crippen LogP contribution is 2.22. The SMILES string of the molecule is C[C@H](NS(=O)(=O)c1cc(C(=O)O)cs1)c1ccccn1. The molecule has 20 heavy (non-hydrogen) atoms. The molecular formula is C12H12N2O4S2.